The van der Waals surface area contributed by atoms with E-state index < -0.39 is 17.9 Å². The topological polar surface area (TPSA) is 164 Å². The van der Waals surface area contributed by atoms with Gasteiger partial charge in [-0.25, -0.2) is 9.97 Å². The molecule has 4 fully saturated rings. The number of carbonyl (C=O) groups is 4. The third-order valence-corrected chi connectivity index (χ3v) is 12.3. The van der Waals surface area contributed by atoms with Gasteiger partial charge in [-0.3, -0.25) is 29.0 Å². The molecule has 2 aromatic carbocycles. The summed E-state index contributed by atoms with van der Waals surface area (Å²) < 4.78 is 6.08. The summed E-state index contributed by atoms with van der Waals surface area (Å²) in [6.07, 6.45) is 9.45. The molecule has 3 aromatic rings. The van der Waals surface area contributed by atoms with E-state index in [1.54, 1.807) is 36.7 Å². The van der Waals surface area contributed by atoms with Crippen LogP contribution in [0.2, 0.25) is 5.02 Å². The Balaban J connectivity index is 0.753. The number of benzene rings is 2. The molecule has 8 rings (SSSR count). The van der Waals surface area contributed by atoms with Gasteiger partial charge in [-0.1, -0.05) is 18.2 Å². The Bertz CT molecular complexity index is 2100. The third-order valence-electron chi connectivity index (χ3n) is 12.0. The number of allylic oxidation sites excluding steroid dienone is 1. The molecule has 0 bridgehead atoms. The molecule has 1 unspecified atom stereocenters. The zero-order chi connectivity index (χ0) is 39.6. The van der Waals surface area contributed by atoms with Gasteiger partial charge < -0.3 is 25.2 Å². The van der Waals surface area contributed by atoms with Gasteiger partial charge in [-0.2, -0.15) is 5.26 Å². The number of nitrogens with one attached hydrogen (secondary N) is 2. The van der Waals surface area contributed by atoms with Gasteiger partial charge in [0.15, 0.2) is 0 Å². The Morgan fingerprint density at radius 1 is 0.895 bits per heavy atom. The first-order valence-electron chi connectivity index (χ1n) is 19.9. The Morgan fingerprint density at radius 2 is 1.65 bits per heavy atom. The average molecular weight is 792 g/mol. The molecule has 15 heteroatoms. The second-order valence-electron chi connectivity index (χ2n) is 15.7. The highest BCUT2D eigenvalue weighted by Gasteiger charge is 2.44. The minimum atomic E-state index is -0.817. The van der Waals surface area contributed by atoms with Gasteiger partial charge in [0.25, 0.3) is 17.7 Å². The molecule has 5 aliphatic rings. The molecule has 1 atom stereocenters. The monoisotopic (exact) mass is 791 g/mol. The number of amides is 4. The summed E-state index contributed by atoms with van der Waals surface area (Å²) in [6.45, 7) is 10.0. The second kappa shape index (κ2) is 16.5. The number of anilines is 2. The fourth-order valence-corrected chi connectivity index (χ4v) is 8.89. The standard InChI is InChI=1S/C42H46ClN9O5/c1-26-2-11-37(40(54)47-26)52-41(55)33-10-6-30(20-34(33)42(52)56)50-18-16-49(17-19-50)25-27-12-14-51(15-13-27)38-24-45-36(23-46-38)39(53)48-29-4-8-31(9-5-29)57-32-7-3-28(22-44)35(43)21-32/h3,6-7,10,20-21,23-24,27,29,31,37H,1-2,4-5,8-9,11-19,25H2,(H,47,54)(H,48,53)/t29-,31-,37?. The molecule has 0 spiro atoms. The van der Waals surface area contributed by atoms with Crippen LogP contribution in [0.15, 0.2) is 61.1 Å². The van der Waals surface area contributed by atoms with Crippen molar-refractivity contribution in [3.8, 4) is 11.8 Å². The second-order valence-corrected chi connectivity index (χ2v) is 16.1. The maximum absolute atomic E-state index is 13.4. The number of imide groups is 1. The number of rotatable bonds is 9. The van der Waals surface area contributed by atoms with E-state index in [-0.39, 0.29) is 24.0 Å². The summed E-state index contributed by atoms with van der Waals surface area (Å²) in [5, 5.41) is 15.3. The Kier molecular flexibility index (Phi) is 11.1. The van der Waals surface area contributed by atoms with E-state index in [0.717, 1.165) is 101 Å². The van der Waals surface area contributed by atoms with Crippen molar-refractivity contribution in [2.24, 2.45) is 5.92 Å². The summed E-state index contributed by atoms with van der Waals surface area (Å²) in [5.74, 6) is 0.584. The Morgan fingerprint density at radius 3 is 2.33 bits per heavy atom. The molecule has 0 radical (unpaired) electrons. The fraction of sp³-hybridized carbons (Fsp3) is 0.452. The lowest BCUT2D eigenvalue weighted by Gasteiger charge is -2.39. The van der Waals surface area contributed by atoms with E-state index >= 15 is 0 Å². The van der Waals surface area contributed by atoms with Crippen LogP contribution in [0.3, 0.4) is 0 Å². The lowest BCUT2D eigenvalue weighted by Crippen LogP contribution is -2.51. The Hall–Kier alpha value is -5.52. The van der Waals surface area contributed by atoms with E-state index in [1.807, 2.05) is 12.1 Å². The van der Waals surface area contributed by atoms with E-state index in [9.17, 15) is 19.2 Å². The van der Waals surface area contributed by atoms with Crippen LogP contribution in [-0.4, -0.2) is 107 Å². The highest BCUT2D eigenvalue weighted by Crippen LogP contribution is 2.32. The number of aromatic nitrogens is 2. The minimum absolute atomic E-state index is 0.0231. The molecule has 1 saturated carbocycles. The number of hydrogen-bond acceptors (Lipinski definition) is 11. The van der Waals surface area contributed by atoms with Crippen molar-refractivity contribution in [1.29, 1.82) is 5.26 Å². The van der Waals surface area contributed by atoms with Crippen molar-refractivity contribution < 1.29 is 23.9 Å². The lowest BCUT2D eigenvalue weighted by atomic mass is 9.93. The molecule has 3 saturated heterocycles. The normalized spacial score (nSPS) is 23.2. The molecule has 5 heterocycles. The maximum Gasteiger partial charge on any atom is 0.271 e. The number of hydrogen-bond donors (Lipinski definition) is 2. The molecule has 4 aliphatic heterocycles. The lowest BCUT2D eigenvalue weighted by molar-refractivity contribution is -0.125. The van der Waals surface area contributed by atoms with E-state index in [4.69, 9.17) is 21.6 Å². The van der Waals surface area contributed by atoms with Gasteiger partial charge in [-0.05, 0) is 87.6 Å². The predicted octanol–water partition coefficient (Wildman–Crippen LogP) is 4.55. The van der Waals surface area contributed by atoms with Crippen LogP contribution in [-0.2, 0) is 4.79 Å². The highest BCUT2D eigenvalue weighted by molar-refractivity contribution is 6.31. The van der Waals surface area contributed by atoms with Crippen LogP contribution in [0, 0.1) is 17.2 Å². The summed E-state index contributed by atoms with van der Waals surface area (Å²) in [6, 6.07) is 11.8. The van der Waals surface area contributed by atoms with Crippen molar-refractivity contribution in [3.63, 3.8) is 0 Å². The molecule has 57 heavy (non-hydrogen) atoms. The number of ether oxygens (including phenoxy) is 1. The van der Waals surface area contributed by atoms with Crippen LogP contribution in [0.4, 0.5) is 11.5 Å². The molecule has 296 valence electrons. The number of nitriles is 1. The first-order chi connectivity index (χ1) is 27.6. The SMILES string of the molecule is C=C1CCC(N2C(=O)c3ccc(N4CCN(CC5CCN(c6cnc(C(=O)N[C@H]7CC[C@H](Oc8ccc(C#N)c(Cl)c8)CC7)cn6)CC5)CC4)cc3C2=O)C(=O)N1. The zero-order valence-corrected chi connectivity index (χ0v) is 32.5. The van der Waals surface area contributed by atoms with Crippen LogP contribution in [0.1, 0.15) is 88.1 Å². The largest absolute Gasteiger partial charge is 0.490 e. The molecule has 1 aromatic heterocycles. The van der Waals surface area contributed by atoms with E-state index in [2.05, 4.69) is 47.9 Å². The van der Waals surface area contributed by atoms with Crippen LogP contribution in [0.5, 0.6) is 5.75 Å². The van der Waals surface area contributed by atoms with Crippen molar-refractivity contribution in [1.82, 2.24) is 30.4 Å². The fourth-order valence-electron chi connectivity index (χ4n) is 8.67. The Labute approximate surface area is 336 Å². The van der Waals surface area contributed by atoms with Crippen molar-refractivity contribution in [3.05, 3.63) is 88.5 Å². The number of halogens is 1. The number of piperazine rings is 1. The molecule has 14 nitrogen and oxygen atoms in total. The summed E-state index contributed by atoms with van der Waals surface area (Å²) in [7, 11) is 0. The van der Waals surface area contributed by atoms with Crippen LogP contribution in [0.25, 0.3) is 0 Å². The zero-order valence-electron chi connectivity index (χ0n) is 31.8. The number of fused-ring (bicyclic) bond motifs is 1. The van der Waals surface area contributed by atoms with Crippen molar-refractivity contribution >= 4 is 46.7 Å². The van der Waals surface area contributed by atoms with Gasteiger partial charge in [-0.15, -0.1) is 0 Å². The number of piperidine rings is 2. The molecular weight excluding hydrogens is 746 g/mol. The number of carbonyl (C=O) groups excluding carboxylic acids is 4. The van der Waals surface area contributed by atoms with Gasteiger partial charge in [0.05, 0.1) is 40.2 Å². The predicted molar refractivity (Wildman–Crippen MR) is 213 cm³/mol. The maximum atomic E-state index is 13.4. The summed E-state index contributed by atoms with van der Waals surface area (Å²) in [5.41, 5.74) is 2.95. The van der Waals surface area contributed by atoms with Crippen LogP contribution >= 0.6 is 11.6 Å². The van der Waals surface area contributed by atoms with Crippen molar-refractivity contribution in [2.45, 2.75) is 69.6 Å². The number of nitrogens with zero attached hydrogens (tertiary/aromatic N) is 7. The van der Waals surface area contributed by atoms with Crippen molar-refractivity contribution in [2.75, 3.05) is 55.6 Å². The molecule has 4 amide bonds. The van der Waals surface area contributed by atoms with E-state index in [0.29, 0.717) is 57.6 Å². The first-order valence-corrected chi connectivity index (χ1v) is 20.2. The molecule has 2 N–H and O–H groups in total. The van der Waals surface area contributed by atoms with Gasteiger partial charge in [0.2, 0.25) is 5.91 Å². The summed E-state index contributed by atoms with van der Waals surface area (Å²) in [4.78, 5) is 69.3. The van der Waals surface area contributed by atoms with Crippen LogP contribution < -0.4 is 25.2 Å². The van der Waals surface area contributed by atoms with Gasteiger partial charge >= 0.3 is 0 Å². The summed E-state index contributed by atoms with van der Waals surface area (Å²) >= 11 is 6.15. The van der Waals surface area contributed by atoms with Gasteiger partial charge in [0, 0.05) is 69.3 Å². The first kappa shape index (κ1) is 38.4. The highest BCUT2D eigenvalue weighted by atomic mass is 35.5. The molecular formula is C42H46ClN9O5. The average Bonchev–Trinajstić information content (AvgIpc) is 3.47. The minimum Gasteiger partial charge on any atom is -0.490 e. The molecule has 1 aliphatic carbocycles. The third kappa shape index (κ3) is 8.31. The van der Waals surface area contributed by atoms with Gasteiger partial charge in [0.1, 0.15) is 29.4 Å². The van der Waals surface area contributed by atoms with E-state index in [1.165, 1.54) is 0 Å². The quantitative estimate of drug-likeness (QED) is 0.293. The smallest absolute Gasteiger partial charge is 0.271 e.